The number of allylic oxidation sites excluding steroid dienone is 1. The van der Waals surface area contributed by atoms with Crippen LogP contribution in [0.1, 0.15) is 40.7 Å². The predicted octanol–water partition coefficient (Wildman–Crippen LogP) is 4.34. The fraction of sp³-hybridized carbons (Fsp3) is 0.360. The van der Waals surface area contributed by atoms with Crippen molar-refractivity contribution in [2.24, 2.45) is 5.92 Å². The summed E-state index contributed by atoms with van der Waals surface area (Å²) in [6.45, 7) is 4.15. The van der Waals surface area contributed by atoms with E-state index in [2.05, 4.69) is 12.2 Å². The van der Waals surface area contributed by atoms with Crippen molar-refractivity contribution in [1.82, 2.24) is 10.3 Å². The zero-order valence-electron chi connectivity index (χ0n) is 18.0. The van der Waals surface area contributed by atoms with E-state index in [1.165, 1.54) is 0 Å². The summed E-state index contributed by atoms with van der Waals surface area (Å²) in [7, 11) is 1.64. The Hall–Kier alpha value is -2.96. The predicted molar refractivity (Wildman–Crippen MR) is 121 cm³/mol. The number of benzene rings is 1. The number of nitrogens with one attached hydrogen (secondary N) is 1. The molecule has 31 heavy (non-hydrogen) atoms. The molecule has 1 aliphatic carbocycles. The molecule has 2 aromatic heterocycles. The SMILES string of the molecule is COCCOCCNC(=O)c1c2c(nc3ccccc13)/C(=C\c1ccco1)CC(C)C2. The number of hydrogen-bond acceptors (Lipinski definition) is 5. The summed E-state index contributed by atoms with van der Waals surface area (Å²) in [5, 5.41) is 3.90. The molecule has 1 aliphatic rings. The molecule has 0 aliphatic heterocycles. The van der Waals surface area contributed by atoms with Gasteiger partial charge in [-0.1, -0.05) is 25.1 Å². The van der Waals surface area contributed by atoms with Crippen LogP contribution in [0.15, 0.2) is 47.1 Å². The van der Waals surface area contributed by atoms with Crippen LogP contribution in [0.5, 0.6) is 0 Å². The van der Waals surface area contributed by atoms with E-state index in [1.54, 1.807) is 13.4 Å². The van der Waals surface area contributed by atoms with E-state index in [1.807, 2.05) is 42.5 Å². The molecule has 4 rings (SSSR count). The molecule has 0 bridgehead atoms. The largest absolute Gasteiger partial charge is 0.465 e. The van der Waals surface area contributed by atoms with Crippen molar-refractivity contribution in [2.75, 3.05) is 33.5 Å². The quantitative estimate of drug-likeness (QED) is 0.549. The third kappa shape index (κ3) is 4.86. The normalized spacial score (nSPS) is 17.1. The topological polar surface area (TPSA) is 73.6 Å². The molecule has 0 radical (unpaired) electrons. The van der Waals surface area contributed by atoms with E-state index in [0.717, 1.165) is 51.9 Å². The van der Waals surface area contributed by atoms with Crippen molar-refractivity contribution in [3.05, 3.63) is 65.2 Å². The number of hydrogen-bond donors (Lipinski definition) is 1. The van der Waals surface area contributed by atoms with Gasteiger partial charge in [-0.05, 0) is 54.2 Å². The zero-order chi connectivity index (χ0) is 21.6. The molecule has 1 unspecified atom stereocenters. The maximum atomic E-state index is 13.3. The first kappa shape index (κ1) is 21.3. The van der Waals surface area contributed by atoms with Crippen LogP contribution >= 0.6 is 0 Å². The molecule has 1 N–H and O–H groups in total. The summed E-state index contributed by atoms with van der Waals surface area (Å²) < 4.78 is 16.0. The van der Waals surface area contributed by atoms with Gasteiger partial charge in [-0.3, -0.25) is 4.79 Å². The van der Waals surface area contributed by atoms with Crippen molar-refractivity contribution in [2.45, 2.75) is 19.8 Å². The van der Waals surface area contributed by atoms with Gasteiger partial charge in [0.15, 0.2) is 0 Å². The second kappa shape index (κ2) is 9.90. The van der Waals surface area contributed by atoms with Gasteiger partial charge in [-0.15, -0.1) is 0 Å². The van der Waals surface area contributed by atoms with Crippen molar-refractivity contribution < 1.29 is 18.7 Å². The van der Waals surface area contributed by atoms with Crippen molar-refractivity contribution in [3.8, 4) is 0 Å². The van der Waals surface area contributed by atoms with Gasteiger partial charge in [0.2, 0.25) is 0 Å². The fourth-order valence-electron chi connectivity index (χ4n) is 4.11. The fourth-order valence-corrected chi connectivity index (χ4v) is 4.11. The number of furan rings is 1. The molecule has 1 atom stereocenters. The summed E-state index contributed by atoms with van der Waals surface area (Å²) in [5.41, 5.74) is 4.55. The van der Waals surface area contributed by atoms with Crippen LogP contribution in [0.4, 0.5) is 0 Å². The monoisotopic (exact) mass is 420 g/mol. The second-order valence-electron chi connectivity index (χ2n) is 7.89. The number of carbonyl (C=O) groups excluding carboxylic acids is 1. The average molecular weight is 421 g/mol. The average Bonchev–Trinajstić information content (AvgIpc) is 3.27. The summed E-state index contributed by atoms with van der Waals surface area (Å²) in [6, 6.07) is 11.6. The molecular formula is C25H28N2O4. The highest BCUT2D eigenvalue weighted by Gasteiger charge is 2.28. The van der Waals surface area contributed by atoms with Crippen LogP contribution in [0.2, 0.25) is 0 Å². The zero-order valence-corrected chi connectivity index (χ0v) is 18.0. The molecule has 0 saturated carbocycles. The first-order valence-electron chi connectivity index (χ1n) is 10.7. The molecular weight excluding hydrogens is 392 g/mol. The first-order chi connectivity index (χ1) is 15.2. The molecule has 0 fully saturated rings. The van der Waals surface area contributed by atoms with Gasteiger partial charge in [0.25, 0.3) is 5.91 Å². The van der Waals surface area contributed by atoms with Crippen molar-refractivity contribution >= 4 is 28.5 Å². The molecule has 3 aromatic rings. The minimum Gasteiger partial charge on any atom is -0.465 e. The summed E-state index contributed by atoms with van der Waals surface area (Å²) >= 11 is 0. The Labute approximate surface area is 182 Å². The van der Waals surface area contributed by atoms with Gasteiger partial charge in [0.05, 0.1) is 42.9 Å². The first-order valence-corrected chi connectivity index (χ1v) is 10.7. The lowest BCUT2D eigenvalue weighted by Crippen LogP contribution is -2.30. The number of pyridine rings is 1. The Balaban J connectivity index is 1.69. The molecule has 6 heteroatoms. The van der Waals surface area contributed by atoms with Crippen LogP contribution in [0.3, 0.4) is 0 Å². The number of rotatable bonds is 8. The Bertz CT molecular complexity index is 1070. The third-order valence-electron chi connectivity index (χ3n) is 5.47. The number of aromatic nitrogens is 1. The van der Waals surface area contributed by atoms with Crippen molar-refractivity contribution in [3.63, 3.8) is 0 Å². The number of methoxy groups -OCH3 is 1. The minimum atomic E-state index is -0.0864. The van der Waals surface area contributed by atoms with Gasteiger partial charge in [0.1, 0.15) is 5.76 Å². The highest BCUT2D eigenvalue weighted by Crippen LogP contribution is 2.38. The highest BCUT2D eigenvalue weighted by atomic mass is 16.5. The van der Waals surface area contributed by atoms with E-state index >= 15 is 0 Å². The van der Waals surface area contributed by atoms with Gasteiger partial charge < -0.3 is 19.2 Å². The lowest BCUT2D eigenvalue weighted by molar-refractivity contribution is 0.0693. The molecule has 162 valence electrons. The van der Waals surface area contributed by atoms with Crippen molar-refractivity contribution in [1.29, 1.82) is 0 Å². The van der Waals surface area contributed by atoms with Gasteiger partial charge >= 0.3 is 0 Å². The van der Waals surface area contributed by atoms with E-state index in [-0.39, 0.29) is 5.91 Å². The van der Waals surface area contributed by atoms with Gasteiger partial charge in [-0.25, -0.2) is 4.98 Å². The Morgan fingerprint density at radius 1 is 1.19 bits per heavy atom. The molecule has 6 nitrogen and oxygen atoms in total. The Kier molecular flexibility index (Phi) is 6.79. The summed E-state index contributed by atoms with van der Waals surface area (Å²) in [6.07, 6.45) is 5.42. The van der Waals surface area contributed by atoms with Crippen LogP contribution in [-0.4, -0.2) is 44.4 Å². The number of carbonyl (C=O) groups is 1. The minimum absolute atomic E-state index is 0.0864. The summed E-state index contributed by atoms with van der Waals surface area (Å²) in [4.78, 5) is 18.2. The van der Waals surface area contributed by atoms with Crippen LogP contribution in [-0.2, 0) is 15.9 Å². The number of para-hydroxylation sites is 1. The van der Waals surface area contributed by atoms with E-state index in [4.69, 9.17) is 18.9 Å². The Morgan fingerprint density at radius 3 is 2.87 bits per heavy atom. The maximum Gasteiger partial charge on any atom is 0.252 e. The van der Waals surface area contributed by atoms with E-state index in [0.29, 0.717) is 32.3 Å². The van der Waals surface area contributed by atoms with E-state index in [9.17, 15) is 4.79 Å². The molecule has 1 aromatic carbocycles. The van der Waals surface area contributed by atoms with Crippen LogP contribution in [0.25, 0.3) is 22.6 Å². The Morgan fingerprint density at radius 2 is 2.06 bits per heavy atom. The number of nitrogens with zero attached hydrogens (tertiary/aromatic N) is 1. The smallest absolute Gasteiger partial charge is 0.252 e. The molecule has 1 amide bonds. The molecule has 2 heterocycles. The number of fused-ring (bicyclic) bond motifs is 2. The van der Waals surface area contributed by atoms with Gasteiger partial charge in [0, 0.05) is 19.0 Å². The molecule has 0 spiro atoms. The lowest BCUT2D eigenvalue weighted by Gasteiger charge is -2.26. The molecule has 0 saturated heterocycles. The number of ether oxygens (including phenoxy) is 2. The van der Waals surface area contributed by atoms with Gasteiger partial charge in [-0.2, -0.15) is 0 Å². The summed E-state index contributed by atoms with van der Waals surface area (Å²) in [5.74, 6) is 1.11. The van der Waals surface area contributed by atoms with Crippen LogP contribution < -0.4 is 5.32 Å². The van der Waals surface area contributed by atoms with E-state index < -0.39 is 0 Å². The second-order valence-corrected chi connectivity index (χ2v) is 7.89. The third-order valence-corrected chi connectivity index (χ3v) is 5.47. The highest BCUT2D eigenvalue weighted by molar-refractivity contribution is 6.09. The number of amides is 1. The maximum absolute atomic E-state index is 13.3. The lowest BCUT2D eigenvalue weighted by atomic mass is 9.80. The standard InChI is InChI=1S/C25H28N2O4/c1-17-14-18(16-19-6-5-10-31-19)24-21(15-17)23(20-7-3-4-8-22(20)27-24)25(28)26-9-11-30-13-12-29-2/h3-8,10,16-17H,9,11-15H2,1-2H3,(H,26,28)/b18-16-. The van der Waals surface area contributed by atoms with Crippen LogP contribution in [0, 0.1) is 5.92 Å².